The van der Waals surface area contributed by atoms with E-state index in [1.165, 1.54) is 109 Å². The van der Waals surface area contributed by atoms with E-state index in [4.69, 9.17) is 56.4 Å². The number of carbonyl (C=O) groups excluding carboxylic acids is 7. The minimum absolute atomic E-state index is 0.00776. The third-order valence-corrected chi connectivity index (χ3v) is 15.8. The molecule has 0 aliphatic carbocycles. The molecule has 0 aromatic heterocycles. The van der Waals surface area contributed by atoms with Crippen LogP contribution < -0.4 is 0 Å². The lowest BCUT2D eigenvalue weighted by atomic mass is 9.95. The molecule has 11 atom stereocenters. The van der Waals surface area contributed by atoms with Crippen LogP contribution in [-0.4, -0.2) is 128 Å². The van der Waals surface area contributed by atoms with E-state index in [0.717, 1.165) is 32.1 Å². The maximum Gasteiger partial charge on any atom is 0.474 e. The molecule has 0 amide bonds. The normalized spacial score (nSPS) is 21.5. The van der Waals surface area contributed by atoms with Gasteiger partial charge in [-0.25, -0.2) is 38.1 Å². The zero-order valence-corrected chi connectivity index (χ0v) is 51.3. The summed E-state index contributed by atoms with van der Waals surface area (Å²) in [6.07, 6.45) is -13.0. The maximum absolute atomic E-state index is 14.8. The van der Waals surface area contributed by atoms with E-state index < -0.39 is 124 Å². The zero-order chi connectivity index (χ0) is 65.4. The lowest BCUT2D eigenvalue weighted by molar-refractivity contribution is -0.350. The quantitative estimate of drug-likeness (QED) is 0.0144. The molecule has 0 saturated carbocycles. The SMILES string of the molecule is C=CCCCCCCCCOP(=O)(O)O[C@H]1O[C@H](COC(=O)c2ccccc2)[C@@H](O[C@@H]2O[C@H](COC(=O)c3ccccc3)[C@H](OC(=O)c3ccccc3)[C@H](OC(=O)c3ccccc3)[C@H]2OC(=O)c2ccccc2)[C@H](OC(=O)c2ccccc2)[C@@H]1OC(=O)c1ccccc1. The fraction of sp³-hybridized carbons (Fsp3) is 0.282. The van der Waals surface area contributed by atoms with Crippen LogP contribution in [0.5, 0.6) is 0 Å². The van der Waals surface area contributed by atoms with Gasteiger partial charge in [-0.15, -0.1) is 6.58 Å². The highest BCUT2D eigenvalue weighted by atomic mass is 31.2. The van der Waals surface area contributed by atoms with Crippen molar-refractivity contribution < 1.29 is 99.4 Å². The zero-order valence-electron chi connectivity index (χ0n) is 50.4. The largest absolute Gasteiger partial charge is 0.474 e. The van der Waals surface area contributed by atoms with Gasteiger partial charge in [0.2, 0.25) is 6.29 Å². The average Bonchev–Trinajstić information content (AvgIpc) is 0.771. The van der Waals surface area contributed by atoms with E-state index >= 15 is 0 Å². The topological polar surface area (TPSA) is 268 Å². The Morgan fingerprint density at radius 3 is 1.04 bits per heavy atom. The molecule has 2 aliphatic rings. The Morgan fingerprint density at radius 1 is 0.376 bits per heavy atom. The molecule has 2 saturated heterocycles. The molecule has 2 heterocycles. The summed E-state index contributed by atoms with van der Waals surface area (Å²) in [4.78, 5) is 113. The highest BCUT2D eigenvalue weighted by molar-refractivity contribution is 7.47. The van der Waals surface area contributed by atoms with Crippen LogP contribution in [0.4, 0.5) is 0 Å². The average molecular weight is 1290 g/mol. The summed E-state index contributed by atoms with van der Waals surface area (Å²) in [7, 11) is -5.29. The number of phosphoric ester groups is 1. The van der Waals surface area contributed by atoms with Crippen molar-refractivity contribution >= 4 is 49.6 Å². The fourth-order valence-electron chi connectivity index (χ4n) is 10.1. The second-order valence-electron chi connectivity index (χ2n) is 21.4. The molecule has 7 aromatic rings. The van der Waals surface area contributed by atoms with Crippen molar-refractivity contribution in [2.24, 2.45) is 0 Å². The third-order valence-electron chi connectivity index (χ3n) is 14.8. The van der Waals surface area contributed by atoms with Crippen molar-refractivity contribution in [1.29, 1.82) is 0 Å². The number of allylic oxidation sites excluding steroid dienone is 1. The van der Waals surface area contributed by atoms with Gasteiger partial charge < -0.3 is 52.3 Å². The summed E-state index contributed by atoms with van der Waals surface area (Å²) < 4.78 is 89.2. The second kappa shape index (κ2) is 34.3. The number of phosphoric acid groups is 1. The molecule has 0 bridgehead atoms. The molecule has 2 fully saturated rings. The van der Waals surface area contributed by atoms with Crippen LogP contribution in [0.1, 0.15) is 117 Å². The Bertz CT molecular complexity index is 3610. The number of ether oxygens (including phenoxy) is 10. The van der Waals surface area contributed by atoms with Crippen LogP contribution in [0.25, 0.3) is 0 Å². The first-order valence-electron chi connectivity index (χ1n) is 30.2. The number of esters is 7. The molecule has 0 radical (unpaired) electrons. The first-order valence-corrected chi connectivity index (χ1v) is 31.7. The predicted molar refractivity (Wildman–Crippen MR) is 333 cm³/mol. The predicted octanol–water partition coefficient (Wildman–Crippen LogP) is 11.7. The Hall–Kier alpha value is -9.44. The summed E-state index contributed by atoms with van der Waals surface area (Å²) in [6.45, 7) is 1.79. The molecule has 21 nitrogen and oxygen atoms in total. The number of carbonyl (C=O) groups is 7. The van der Waals surface area contributed by atoms with Crippen LogP contribution in [-0.2, 0) is 61.0 Å². The fourth-order valence-corrected chi connectivity index (χ4v) is 11.0. The summed E-state index contributed by atoms with van der Waals surface area (Å²) in [5.41, 5.74) is -0.0640. The molecule has 0 spiro atoms. The van der Waals surface area contributed by atoms with Crippen molar-refractivity contribution in [2.75, 3.05) is 19.8 Å². The number of hydrogen-bond acceptors (Lipinski definition) is 20. The molecule has 1 N–H and O–H groups in total. The molecule has 22 heteroatoms. The van der Waals surface area contributed by atoms with Gasteiger partial charge in [-0.1, -0.05) is 159 Å². The van der Waals surface area contributed by atoms with E-state index in [-0.39, 0.29) is 45.6 Å². The minimum atomic E-state index is -5.29. The van der Waals surface area contributed by atoms with Crippen molar-refractivity contribution in [3.05, 3.63) is 264 Å². The smallest absolute Gasteiger partial charge is 0.459 e. The molecule has 484 valence electrons. The Morgan fingerprint density at radius 2 is 0.667 bits per heavy atom. The summed E-state index contributed by atoms with van der Waals surface area (Å²) in [5, 5.41) is 0. The molecule has 1 unspecified atom stereocenters. The summed E-state index contributed by atoms with van der Waals surface area (Å²) in [6, 6.07) is 53.4. The van der Waals surface area contributed by atoms with Gasteiger partial charge >= 0.3 is 49.6 Å². The number of unbranched alkanes of at least 4 members (excludes halogenated alkanes) is 6. The van der Waals surface area contributed by atoms with E-state index in [9.17, 15) is 43.0 Å². The second-order valence-corrected chi connectivity index (χ2v) is 22.8. The number of benzene rings is 7. The van der Waals surface area contributed by atoms with E-state index in [1.807, 2.05) is 6.08 Å². The third kappa shape index (κ3) is 19.5. The molecular formula is C71H69O21P. The van der Waals surface area contributed by atoms with Crippen molar-refractivity contribution in [1.82, 2.24) is 0 Å². The molecule has 9 rings (SSSR count). The first kappa shape index (κ1) is 67.9. The van der Waals surface area contributed by atoms with Gasteiger partial charge in [0.15, 0.2) is 36.8 Å². The van der Waals surface area contributed by atoms with Crippen LogP contribution in [0.3, 0.4) is 0 Å². The standard InChI is InChI=1S/C71H69O21P/c1-2-3-4-5-6-7-8-30-45-83-93(79,80)92-71-62(90-69(78)54-43-28-15-29-44-54)60(88-67(76)52-39-24-13-25-40-52)58(56(85-71)47-82-64(73)49-33-18-10-19-34-49)91-70-61(89-68(77)53-41-26-14-27-42-53)59(87-66(75)51-37-22-12-23-38-51)57(86-65(74)50-35-20-11-21-36-50)55(84-70)46-81-63(72)48-31-16-9-17-32-48/h2,9-29,31-44,55-62,70-71H,1,3-8,30,45-47H2,(H,79,80)/t55-,56-,57+,58-,59+,60+,61-,62+,70+,71-/m1/s1. The number of hydrogen-bond donors (Lipinski definition) is 1. The van der Waals surface area contributed by atoms with E-state index in [1.54, 1.807) is 103 Å². The maximum atomic E-state index is 14.8. The van der Waals surface area contributed by atoms with Gasteiger partial charge in [0.1, 0.15) is 31.5 Å². The van der Waals surface area contributed by atoms with Gasteiger partial charge in [0.05, 0.1) is 45.6 Å². The Kier molecular flexibility index (Phi) is 25.0. The molecule has 93 heavy (non-hydrogen) atoms. The van der Waals surface area contributed by atoms with Gasteiger partial charge in [-0.3, -0.25) is 9.05 Å². The molecular weight excluding hydrogens is 1220 g/mol. The van der Waals surface area contributed by atoms with Crippen molar-refractivity contribution in [3.8, 4) is 0 Å². The van der Waals surface area contributed by atoms with Gasteiger partial charge in [-0.05, 0) is 104 Å². The van der Waals surface area contributed by atoms with E-state index in [2.05, 4.69) is 6.58 Å². The molecule has 2 aliphatic heterocycles. The van der Waals surface area contributed by atoms with Crippen LogP contribution in [0.2, 0.25) is 0 Å². The van der Waals surface area contributed by atoms with Gasteiger partial charge in [-0.2, -0.15) is 0 Å². The Labute approximate surface area is 536 Å². The van der Waals surface area contributed by atoms with E-state index in [0.29, 0.717) is 12.8 Å². The Balaban J connectivity index is 1.19. The first-order chi connectivity index (χ1) is 45.2. The lowest BCUT2D eigenvalue weighted by Gasteiger charge is -2.48. The molecule has 7 aromatic carbocycles. The minimum Gasteiger partial charge on any atom is -0.459 e. The van der Waals surface area contributed by atoms with Crippen LogP contribution in [0.15, 0.2) is 225 Å². The van der Waals surface area contributed by atoms with Crippen LogP contribution in [0, 0.1) is 0 Å². The number of rotatable bonds is 30. The monoisotopic (exact) mass is 1290 g/mol. The van der Waals surface area contributed by atoms with Crippen LogP contribution >= 0.6 is 7.82 Å². The lowest BCUT2D eigenvalue weighted by Crippen LogP contribution is -2.67. The highest BCUT2D eigenvalue weighted by Gasteiger charge is 2.59. The van der Waals surface area contributed by atoms with Crippen molar-refractivity contribution in [3.63, 3.8) is 0 Å². The highest BCUT2D eigenvalue weighted by Crippen LogP contribution is 2.48. The summed E-state index contributed by atoms with van der Waals surface area (Å²) >= 11 is 0. The van der Waals surface area contributed by atoms with Gasteiger partial charge in [0.25, 0.3) is 0 Å². The van der Waals surface area contributed by atoms with Crippen molar-refractivity contribution in [2.45, 2.75) is 106 Å². The van der Waals surface area contributed by atoms with Gasteiger partial charge in [0, 0.05) is 0 Å². The summed E-state index contributed by atoms with van der Waals surface area (Å²) in [5.74, 6) is -7.15.